The molecular weight excluding hydrogens is 566 g/mol. The van der Waals surface area contributed by atoms with Crippen LogP contribution in [0.15, 0.2) is 47.4 Å². The molecule has 11 nitrogen and oxygen atoms in total. The van der Waals surface area contributed by atoms with E-state index in [1.165, 1.54) is 50.6 Å². The summed E-state index contributed by atoms with van der Waals surface area (Å²) in [5.74, 6) is 0.820. The van der Waals surface area contributed by atoms with Crippen molar-refractivity contribution in [1.29, 1.82) is 0 Å². The van der Waals surface area contributed by atoms with E-state index in [0.29, 0.717) is 36.8 Å². The molecule has 13 heteroatoms. The van der Waals surface area contributed by atoms with E-state index in [1.54, 1.807) is 22.5 Å². The zero-order chi connectivity index (χ0) is 29.8. The first-order valence-corrected chi connectivity index (χ1v) is 17.3. The molecule has 1 aliphatic carbocycles. The number of aliphatic hydroxyl groups is 1. The highest BCUT2D eigenvalue weighted by atomic mass is 32.2. The summed E-state index contributed by atoms with van der Waals surface area (Å²) >= 11 is 0. The SMILES string of the molecule is CN(c1ccc(CNCC(O)CN)cc1C(=O)Nc1ccc(S(=O)(=O)N2CCC(C3CCC3)CC2)cc1)S(C)(=O)=O. The Morgan fingerprint density at radius 2 is 1.68 bits per heavy atom. The number of sulfonamides is 2. The van der Waals surface area contributed by atoms with Crippen molar-refractivity contribution in [2.75, 3.05) is 49.1 Å². The number of nitrogens with two attached hydrogens (primary N) is 1. The summed E-state index contributed by atoms with van der Waals surface area (Å²) < 4.78 is 53.6. The van der Waals surface area contributed by atoms with E-state index in [-0.39, 0.29) is 29.2 Å². The molecule has 2 aromatic rings. The molecule has 2 fully saturated rings. The normalized spacial score (nSPS) is 18.0. The van der Waals surface area contributed by atoms with Crippen LogP contribution < -0.4 is 20.7 Å². The van der Waals surface area contributed by atoms with Gasteiger partial charge in [0.05, 0.1) is 28.5 Å². The summed E-state index contributed by atoms with van der Waals surface area (Å²) in [4.78, 5) is 13.5. The minimum atomic E-state index is -3.65. The summed E-state index contributed by atoms with van der Waals surface area (Å²) in [5, 5.41) is 15.5. The Bertz CT molecular complexity index is 1420. The number of hydrogen-bond donors (Lipinski definition) is 4. The Morgan fingerprint density at radius 3 is 2.24 bits per heavy atom. The maximum atomic E-state index is 13.4. The predicted octanol–water partition coefficient (Wildman–Crippen LogP) is 1.94. The predicted molar refractivity (Wildman–Crippen MR) is 160 cm³/mol. The van der Waals surface area contributed by atoms with Gasteiger partial charge in [0.2, 0.25) is 20.0 Å². The molecule has 1 amide bonds. The van der Waals surface area contributed by atoms with Gasteiger partial charge in [-0.2, -0.15) is 4.31 Å². The molecule has 5 N–H and O–H groups in total. The first kappa shape index (κ1) is 31.4. The van der Waals surface area contributed by atoms with Crippen LogP contribution in [0.3, 0.4) is 0 Å². The second-order valence-electron chi connectivity index (χ2n) is 11.0. The van der Waals surface area contributed by atoms with Gasteiger partial charge in [0.1, 0.15) is 0 Å². The number of amides is 1. The lowest BCUT2D eigenvalue weighted by molar-refractivity contribution is 0.102. The van der Waals surface area contributed by atoms with Crippen LogP contribution in [-0.4, -0.2) is 77.7 Å². The van der Waals surface area contributed by atoms with Crippen molar-refractivity contribution in [3.05, 3.63) is 53.6 Å². The molecule has 0 spiro atoms. The Hall–Kier alpha value is -2.55. The molecule has 226 valence electrons. The van der Waals surface area contributed by atoms with Crippen LogP contribution in [0, 0.1) is 11.8 Å². The largest absolute Gasteiger partial charge is 0.390 e. The van der Waals surface area contributed by atoms with Crippen LogP contribution in [0.2, 0.25) is 0 Å². The molecule has 1 saturated heterocycles. The van der Waals surface area contributed by atoms with Gasteiger partial charge in [0, 0.05) is 45.5 Å². The quantitative estimate of drug-likeness (QED) is 0.285. The first-order chi connectivity index (χ1) is 19.4. The smallest absolute Gasteiger partial charge is 0.257 e. The van der Waals surface area contributed by atoms with E-state index in [9.17, 15) is 26.7 Å². The van der Waals surface area contributed by atoms with Gasteiger partial charge in [-0.1, -0.05) is 25.3 Å². The second-order valence-corrected chi connectivity index (χ2v) is 15.0. The highest BCUT2D eigenvalue weighted by Gasteiger charge is 2.34. The molecule has 1 atom stereocenters. The molecule has 1 aliphatic heterocycles. The molecule has 2 aromatic carbocycles. The van der Waals surface area contributed by atoms with Crippen LogP contribution in [-0.2, 0) is 26.6 Å². The van der Waals surface area contributed by atoms with Crippen molar-refractivity contribution in [3.8, 4) is 0 Å². The van der Waals surface area contributed by atoms with Gasteiger partial charge in [-0.15, -0.1) is 0 Å². The van der Waals surface area contributed by atoms with Crippen molar-refractivity contribution in [1.82, 2.24) is 9.62 Å². The molecule has 4 rings (SSSR count). The van der Waals surface area contributed by atoms with E-state index in [4.69, 9.17) is 5.73 Å². The molecule has 0 radical (unpaired) electrons. The van der Waals surface area contributed by atoms with Gasteiger partial charge in [0.25, 0.3) is 5.91 Å². The van der Waals surface area contributed by atoms with Crippen molar-refractivity contribution in [2.24, 2.45) is 17.6 Å². The van der Waals surface area contributed by atoms with Gasteiger partial charge in [-0.05, 0) is 66.6 Å². The number of anilines is 2. The highest BCUT2D eigenvalue weighted by Crippen LogP contribution is 2.39. The molecule has 0 aromatic heterocycles. The van der Waals surface area contributed by atoms with Gasteiger partial charge in [-0.25, -0.2) is 16.8 Å². The third-order valence-corrected chi connectivity index (χ3v) is 11.3. The molecule has 1 saturated carbocycles. The van der Waals surface area contributed by atoms with E-state index in [0.717, 1.165) is 29.3 Å². The average molecular weight is 608 g/mol. The standard InChI is InChI=1S/C28H41N5O6S2/c1-32(40(2,36)37)27-11-6-20(18-30-19-24(34)17-29)16-26(27)28(35)31-23-7-9-25(10-8-23)41(38,39)33-14-12-22(13-15-33)21-4-3-5-21/h6-11,16,21-22,24,30,34H,3-5,12-15,17-19,29H2,1-2H3,(H,31,35). The Kier molecular flexibility index (Phi) is 10.1. The minimum absolute atomic E-state index is 0.109. The third kappa shape index (κ3) is 7.65. The number of rotatable bonds is 12. The zero-order valence-electron chi connectivity index (χ0n) is 23.6. The Labute approximate surface area is 243 Å². The van der Waals surface area contributed by atoms with Crippen molar-refractivity contribution < 1.29 is 26.7 Å². The number of nitrogens with one attached hydrogen (secondary N) is 2. The fourth-order valence-corrected chi connectivity index (χ4v) is 7.34. The van der Waals surface area contributed by atoms with Crippen molar-refractivity contribution >= 4 is 37.3 Å². The van der Waals surface area contributed by atoms with Crippen LogP contribution in [0.5, 0.6) is 0 Å². The number of piperidine rings is 1. The average Bonchev–Trinajstić information content (AvgIpc) is 2.91. The van der Waals surface area contributed by atoms with Crippen LogP contribution >= 0.6 is 0 Å². The van der Waals surface area contributed by atoms with E-state index < -0.39 is 32.1 Å². The van der Waals surface area contributed by atoms with Crippen molar-refractivity contribution in [2.45, 2.75) is 49.6 Å². The lowest BCUT2D eigenvalue weighted by Crippen LogP contribution is -2.41. The van der Waals surface area contributed by atoms with Gasteiger partial charge >= 0.3 is 0 Å². The highest BCUT2D eigenvalue weighted by molar-refractivity contribution is 7.92. The van der Waals surface area contributed by atoms with Crippen LogP contribution in [0.25, 0.3) is 0 Å². The zero-order valence-corrected chi connectivity index (χ0v) is 25.3. The molecule has 2 aliphatic rings. The maximum Gasteiger partial charge on any atom is 0.257 e. The summed E-state index contributed by atoms with van der Waals surface area (Å²) in [6.07, 6.45) is 5.93. The third-order valence-electron chi connectivity index (χ3n) is 8.19. The summed E-state index contributed by atoms with van der Waals surface area (Å²) in [6.45, 7) is 1.74. The van der Waals surface area contributed by atoms with Crippen LogP contribution in [0.4, 0.5) is 11.4 Å². The number of aliphatic hydroxyl groups excluding tert-OH is 1. The van der Waals surface area contributed by atoms with Gasteiger partial charge in [-0.3, -0.25) is 9.10 Å². The van der Waals surface area contributed by atoms with E-state index in [1.807, 2.05) is 0 Å². The lowest BCUT2D eigenvalue weighted by atomic mass is 9.72. The molecule has 0 bridgehead atoms. The molecular formula is C28H41N5O6S2. The Balaban J connectivity index is 1.47. The summed E-state index contributed by atoms with van der Waals surface area (Å²) in [6, 6.07) is 10.9. The van der Waals surface area contributed by atoms with Gasteiger partial charge < -0.3 is 21.5 Å². The van der Waals surface area contributed by atoms with E-state index in [2.05, 4.69) is 10.6 Å². The molecule has 1 unspecified atom stereocenters. The minimum Gasteiger partial charge on any atom is -0.390 e. The number of hydrogen-bond acceptors (Lipinski definition) is 8. The number of benzene rings is 2. The summed E-state index contributed by atoms with van der Waals surface area (Å²) in [5.41, 5.74) is 6.83. The van der Waals surface area contributed by atoms with Crippen LogP contribution in [0.1, 0.15) is 48.0 Å². The van der Waals surface area contributed by atoms with Gasteiger partial charge in [0.15, 0.2) is 0 Å². The number of carbonyl (C=O) groups excluding carboxylic acids is 1. The number of carbonyl (C=O) groups is 1. The molecule has 41 heavy (non-hydrogen) atoms. The number of nitrogens with zero attached hydrogens (tertiary/aromatic N) is 2. The fraction of sp³-hybridized carbons (Fsp3) is 0.536. The van der Waals surface area contributed by atoms with E-state index >= 15 is 0 Å². The first-order valence-electron chi connectivity index (χ1n) is 14.0. The fourth-order valence-electron chi connectivity index (χ4n) is 5.35. The lowest BCUT2D eigenvalue weighted by Gasteiger charge is -2.39. The second kappa shape index (κ2) is 13.2. The maximum absolute atomic E-state index is 13.4. The monoisotopic (exact) mass is 607 g/mol. The topological polar surface area (TPSA) is 162 Å². The summed E-state index contributed by atoms with van der Waals surface area (Å²) in [7, 11) is -5.92. The molecule has 1 heterocycles. The Morgan fingerprint density at radius 1 is 1.05 bits per heavy atom. The van der Waals surface area contributed by atoms with Crippen molar-refractivity contribution in [3.63, 3.8) is 0 Å².